The summed E-state index contributed by atoms with van der Waals surface area (Å²) in [6.45, 7) is 0.399. The molecule has 0 saturated heterocycles. The van der Waals surface area contributed by atoms with Crippen LogP contribution in [-0.2, 0) is 16.0 Å². The van der Waals surface area contributed by atoms with E-state index in [-0.39, 0.29) is 24.2 Å². The van der Waals surface area contributed by atoms with E-state index >= 15 is 0 Å². The topological polar surface area (TPSA) is 38.3 Å². The summed E-state index contributed by atoms with van der Waals surface area (Å²) >= 11 is 5.63. The second-order valence-corrected chi connectivity index (χ2v) is 4.34. The molecule has 5 heteroatoms. The lowest BCUT2D eigenvalue weighted by atomic mass is 10.1. The van der Waals surface area contributed by atoms with Gasteiger partial charge in [-0.15, -0.1) is 11.6 Å². The molecule has 0 aliphatic carbocycles. The van der Waals surface area contributed by atoms with Crippen LogP contribution < -0.4 is 5.32 Å². The lowest BCUT2D eigenvalue weighted by Gasteiger charge is -2.16. The first-order valence-electron chi connectivity index (χ1n) is 5.75. The fraction of sp³-hybridized carbons (Fsp3) is 0.462. The van der Waals surface area contributed by atoms with Gasteiger partial charge in [-0.05, 0) is 18.1 Å². The molecule has 1 unspecified atom stereocenters. The van der Waals surface area contributed by atoms with Gasteiger partial charge in [-0.3, -0.25) is 4.79 Å². The van der Waals surface area contributed by atoms with Crippen molar-refractivity contribution in [2.45, 2.75) is 18.9 Å². The molecule has 1 aromatic carbocycles. The maximum Gasteiger partial charge on any atom is 0.224 e. The molecule has 18 heavy (non-hydrogen) atoms. The van der Waals surface area contributed by atoms with Gasteiger partial charge < -0.3 is 10.1 Å². The average molecular weight is 274 g/mol. The van der Waals surface area contributed by atoms with Crippen LogP contribution in [0, 0.1) is 5.82 Å². The largest absolute Gasteiger partial charge is 0.383 e. The van der Waals surface area contributed by atoms with Gasteiger partial charge in [0.1, 0.15) is 5.82 Å². The monoisotopic (exact) mass is 273 g/mol. The molecule has 0 bridgehead atoms. The van der Waals surface area contributed by atoms with Crippen LogP contribution in [0.1, 0.15) is 12.0 Å². The average Bonchev–Trinajstić information content (AvgIpc) is 2.33. The van der Waals surface area contributed by atoms with Crippen LogP contribution in [0.2, 0.25) is 0 Å². The van der Waals surface area contributed by atoms with Gasteiger partial charge in [-0.1, -0.05) is 18.2 Å². The third kappa shape index (κ3) is 5.02. The van der Waals surface area contributed by atoms with E-state index < -0.39 is 0 Å². The third-order valence-electron chi connectivity index (χ3n) is 2.50. The molecule has 100 valence electrons. The molecule has 0 aromatic heterocycles. The summed E-state index contributed by atoms with van der Waals surface area (Å²) in [6.07, 6.45) is 0.646. The molecule has 1 amide bonds. The molecule has 1 rings (SSSR count). The van der Waals surface area contributed by atoms with Crippen molar-refractivity contribution >= 4 is 17.5 Å². The maximum absolute atomic E-state index is 13.4. The third-order valence-corrected chi connectivity index (χ3v) is 2.72. The Bertz CT molecular complexity index is 381. The number of halogens is 2. The van der Waals surface area contributed by atoms with E-state index in [9.17, 15) is 9.18 Å². The number of hydrogen-bond acceptors (Lipinski definition) is 2. The summed E-state index contributed by atoms with van der Waals surface area (Å²) in [5.41, 5.74) is 0.386. The molecule has 0 heterocycles. The number of nitrogens with one attached hydrogen (secondary N) is 1. The number of carbonyl (C=O) groups is 1. The number of benzene rings is 1. The highest BCUT2D eigenvalue weighted by molar-refractivity contribution is 6.17. The molecular formula is C13H17ClFNO2. The molecule has 0 aliphatic heterocycles. The van der Waals surface area contributed by atoms with Crippen LogP contribution in [0.15, 0.2) is 24.3 Å². The van der Waals surface area contributed by atoms with Crippen molar-refractivity contribution in [1.29, 1.82) is 0 Å². The summed E-state index contributed by atoms with van der Waals surface area (Å²) in [5, 5.41) is 2.78. The summed E-state index contributed by atoms with van der Waals surface area (Å²) < 4.78 is 18.3. The number of alkyl halides is 1. The van der Waals surface area contributed by atoms with E-state index in [4.69, 9.17) is 16.3 Å². The normalized spacial score (nSPS) is 12.2. The first kappa shape index (κ1) is 14.9. The van der Waals surface area contributed by atoms with Gasteiger partial charge in [0.05, 0.1) is 19.1 Å². The lowest BCUT2D eigenvalue weighted by Crippen LogP contribution is -2.39. The summed E-state index contributed by atoms with van der Waals surface area (Å²) in [4.78, 5) is 11.7. The summed E-state index contributed by atoms with van der Waals surface area (Å²) in [6, 6.07) is 6.11. The van der Waals surface area contributed by atoms with Crippen molar-refractivity contribution in [2.75, 3.05) is 19.6 Å². The maximum atomic E-state index is 13.4. The minimum Gasteiger partial charge on any atom is -0.383 e. The van der Waals surface area contributed by atoms with Crippen molar-refractivity contribution in [3.05, 3.63) is 35.6 Å². The number of methoxy groups -OCH3 is 1. The first-order valence-corrected chi connectivity index (χ1v) is 6.28. The van der Waals surface area contributed by atoms with Crippen LogP contribution in [0.3, 0.4) is 0 Å². The van der Waals surface area contributed by atoms with E-state index in [1.807, 2.05) is 0 Å². The Labute approximate surface area is 111 Å². The zero-order chi connectivity index (χ0) is 13.4. The first-order chi connectivity index (χ1) is 8.67. The molecule has 0 fully saturated rings. The Morgan fingerprint density at radius 3 is 2.83 bits per heavy atom. The van der Waals surface area contributed by atoms with Crippen molar-refractivity contribution in [3.63, 3.8) is 0 Å². The predicted molar refractivity (Wildman–Crippen MR) is 69.2 cm³/mol. The van der Waals surface area contributed by atoms with Crippen LogP contribution >= 0.6 is 11.6 Å². The molecule has 0 aliphatic rings. The van der Waals surface area contributed by atoms with Crippen molar-refractivity contribution in [3.8, 4) is 0 Å². The van der Waals surface area contributed by atoms with E-state index in [0.717, 1.165) is 0 Å². The predicted octanol–water partition coefficient (Wildman–Crippen LogP) is 2.13. The Morgan fingerprint density at radius 1 is 1.50 bits per heavy atom. The van der Waals surface area contributed by atoms with Gasteiger partial charge in [-0.25, -0.2) is 4.39 Å². The SMILES string of the molecule is COCC(CCCl)NC(=O)Cc1ccccc1F. The Hall–Kier alpha value is -1.13. The van der Waals surface area contributed by atoms with Crippen LogP contribution in [0.4, 0.5) is 4.39 Å². The minimum atomic E-state index is -0.367. The molecule has 0 saturated carbocycles. The quantitative estimate of drug-likeness (QED) is 0.773. The highest BCUT2D eigenvalue weighted by Gasteiger charge is 2.13. The molecule has 1 aromatic rings. The second-order valence-electron chi connectivity index (χ2n) is 3.97. The highest BCUT2D eigenvalue weighted by atomic mass is 35.5. The number of rotatable bonds is 7. The number of ether oxygens (including phenoxy) is 1. The number of amides is 1. The van der Waals surface area contributed by atoms with Gasteiger partial charge in [0, 0.05) is 13.0 Å². The zero-order valence-corrected chi connectivity index (χ0v) is 11.0. The minimum absolute atomic E-state index is 0.0230. The van der Waals surface area contributed by atoms with Gasteiger partial charge in [0.15, 0.2) is 0 Å². The number of carbonyl (C=O) groups excluding carboxylic acids is 1. The molecule has 3 nitrogen and oxygen atoms in total. The van der Waals surface area contributed by atoms with E-state index in [1.54, 1.807) is 25.3 Å². The summed E-state index contributed by atoms with van der Waals surface area (Å²) in [7, 11) is 1.56. The van der Waals surface area contributed by atoms with Gasteiger partial charge in [-0.2, -0.15) is 0 Å². The Morgan fingerprint density at radius 2 is 2.22 bits per heavy atom. The highest BCUT2D eigenvalue weighted by Crippen LogP contribution is 2.07. The van der Waals surface area contributed by atoms with Crippen LogP contribution in [0.25, 0.3) is 0 Å². The molecule has 0 radical (unpaired) electrons. The molecule has 1 atom stereocenters. The van der Waals surface area contributed by atoms with E-state index in [1.165, 1.54) is 6.07 Å². The van der Waals surface area contributed by atoms with E-state index in [0.29, 0.717) is 24.5 Å². The Kier molecular flexibility index (Phi) is 6.68. The van der Waals surface area contributed by atoms with Crippen molar-refractivity contribution in [2.24, 2.45) is 0 Å². The molecule has 0 spiro atoms. The number of hydrogen-bond donors (Lipinski definition) is 1. The Balaban J connectivity index is 2.52. The second kappa shape index (κ2) is 8.06. The fourth-order valence-corrected chi connectivity index (χ4v) is 1.89. The van der Waals surface area contributed by atoms with E-state index in [2.05, 4.69) is 5.32 Å². The fourth-order valence-electron chi connectivity index (χ4n) is 1.62. The van der Waals surface area contributed by atoms with Gasteiger partial charge >= 0.3 is 0 Å². The van der Waals surface area contributed by atoms with Gasteiger partial charge in [0.25, 0.3) is 0 Å². The lowest BCUT2D eigenvalue weighted by molar-refractivity contribution is -0.121. The molecular weight excluding hydrogens is 257 g/mol. The summed E-state index contributed by atoms with van der Waals surface area (Å²) in [5.74, 6) is -0.158. The van der Waals surface area contributed by atoms with Crippen molar-refractivity contribution < 1.29 is 13.9 Å². The van der Waals surface area contributed by atoms with Crippen LogP contribution in [-0.4, -0.2) is 31.5 Å². The smallest absolute Gasteiger partial charge is 0.224 e. The zero-order valence-electron chi connectivity index (χ0n) is 10.3. The standard InChI is InChI=1S/C13H17ClFNO2/c1-18-9-11(6-7-14)16-13(17)8-10-4-2-3-5-12(10)15/h2-5,11H,6-9H2,1H3,(H,16,17). The molecule has 1 N–H and O–H groups in total. The van der Waals surface area contributed by atoms with Gasteiger partial charge in [0.2, 0.25) is 5.91 Å². The van der Waals surface area contributed by atoms with Crippen molar-refractivity contribution in [1.82, 2.24) is 5.32 Å². The van der Waals surface area contributed by atoms with Crippen LogP contribution in [0.5, 0.6) is 0 Å².